The Balaban J connectivity index is 1.69. The first-order chi connectivity index (χ1) is 9.63. The number of amides is 1. The zero-order valence-electron chi connectivity index (χ0n) is 11.2. The molecule has 0 saturated heterocycles. The van der Waals surface area contributed by atoms with Gasteiger partial charge >= 0.3 is 6.09 Å². The van der Waals surface area contributed by atoms with Crippen LogP contribution in [0.1, 0.15) is 24.8 Å². The van der Waals surface area contributed by atoms with Crippen molar-refractivity contribution >= 4 is 17.2 Å². The molecule has 2 rings (SSSR count). The third-order valence-electron chi connectivity index (χ3n) is 3.45. The topological polar surface area (TPSA) is 75.6 Å². The van der Waals surface area contributed by atoms with E-state index in [1.807, 2.05) is 30.3 Å². The number of rotatable bonds is 5. The predicted octanol–water partition coefficient (Wildman–Crippen LogP) is 2.30. The number of carbonyl (C=O) groups excluding carboxylic acids is 1. The smallest absolute Gasteiger partial charge is 0.407 e. The third kappa shape index (κ3) is 4.94. The van der Waals surface area contributed by atoms with E-state index in [0.29, 0.717) is 0 Å². The van der Waals surface area contributed by atoms with Crippen LogP contribution in [0.4, 0.5) is 4.79 Å². The third-order valence-corrected chi connectivity index (χ3v) is 4.21. The first-order valence-corrected chi connectivity index (χ1v) is 7.95. The molecule has 0 bridgehead atoms. The zero-order valence-corrected chi connectivity index (χ0v) is 12.0. The molecular formula is C14H19NO4S. The minimum absolute atomic E-state index is 0.0480. The van der Waals surface area contributed by atoms with Crippen molar-refractivity contribution in [1.82, 2.24) is 5.32 Å². The van der Waals surface area contributed by atoms with E-state index in [2.05, 4.69) is 5.32 Å². The molecule has 1 amide bonds. The fraction of sp³-hybridized carbons (Fsp3) is 0.500. The van der Waals surface area contributed by atoms with Gasteiger partial charge in [0.1, 0.15) is 6.61 Å². The highest BCUT2D eigenvalue weighted by Gasteiger charge is 2.27. The fourth-order valence-corrected chi connectivity index (χ4v) is 3.20. The molecule has 0 spiro atoms. The van der Waals surface area contributed by atoms with Gasteiger partial charge in [0, 0.05) is 6.04 Å². The van der Waals surface area contributed by atoms with Crippen molar-refractivity contribution in [2.45, 2.75) is 31.9 Å². The maximum atomic E-state index is 11.7. The van der Waals surface area contributed by atoms with E-state index in [4.69, 9.17) is 9.29 Å². The van der Waals surface area contributed by atoms with E-state index in [-0.39, 0.29) is 24.3 Å². The Bertz CT molecular complexity index is 466. The number of carbonyl (C=O) groups is 1. The lowest BCUT2D eigenvalue weighted by atomic mass is 10.1. The van der Waals surface area contributed by atoms with Crippen LogP contribution in [-0.4, -0.2) is 26.6 Å². The average Bonchev–Trinajstić information content (AvgIpc) is 2.84. The van der Waals surface area contributed by atoms with Crippen molar-refractivity contribution in [1.29, 1.82) is 0 Å². The summed E-state index contributed by atoms with van der Waals surface area (Å²) >= 11 is -1.76. The Morgan fingerprint density at radius 2 is 2.10 bits per heavy atom. The minimum Gasteiger partial charge on any atom is -0.445 e. The standard InChI is InChI=1S/C14H19NO4S/c16-14(19-9-11-4-2-1-3-5-11)15-13-7-6-12(8-13)10-20(17)18/h1-5,12-13H,6-10H2,(H,15,16)(H,17,18)/t12-,13+/m0/s1. The number of ether oxygens (including phenoxy) is 1. The van der Waals surface area contributed by atoms with Crippen LogP contribution in [0.2, 0.25) is 0 Å². The van der Waals surface area contributed by atoms with Crippen LogP contribution in [0, 0.1) is 5.92 Å². The van der Waals surface area contributed by atoms with Crippen LogP contribution in [0.25, 0.3) is 0 Å². The highest BCUT2D eigenvalue weighted by Crippen LogP contribution is 2.26. The second-order valence-electron chi connectivity index (χ2n) is 5.07. The summed E-state index contributed by atoms with van der Waals surface area (Å²) < 4.78 is 24.7. The molecule has 1 aromatic rings. The molecule has 0 aliphatic heterocycles. The monoisotopic (exact) mass is 297 g/mol. The molecule has 1 fully saturated rings. The summed E-state index contributed by atoms with van der Waals surface area (Å²) in [6, 6.07) is 9.55. The van der Waals surface area contributed by atoms with Gasteiger partial charge in [-0.2, -0.15) is 0 Å². The first-order valence-electron chi connectivity index (χ1n) is 6.68. The van der Waals surface area contributed by atoms with Gasteiger partial charge in [0.25, 0.3) is 0 Å². The molecule has 1 aliphatic rings. The van der Waals surface area contributed by atoms with E-state index in [9.17, 15) is 9.00 Å². The summed E-state index contributed by atoms with van der Waals surface area (Å²) in [4.78, 5) is 11.7. The number of benzene rings is 1. The van der Waals surface area contributed by atoms with Crippen LogP contribution < -0.4 is 5.32 Å². The quantitative estimate of drug-likeness (QED) is 0.818. The van der Waals surface area contributed by atoms with Crippen LogP contribution in [0.3, 0.4) is 0 Å². The summed E-state index contributed by atoms with van der Waals surface area (Å²) in [6.07, 6.45) is 2.02. The minimum atomic E-state index is -1.76. The molecular weight excluding hydrogens is 278 g/mol. The van der Waals surface area contributed by atoms with Crippen molar-refractivity contribution in [3.8, 4) is 0 Å². The summed E-state index contributed by atoms with van der Waals surface area (Å²) in [6.45, 7) is 0.253. The SMILES string of the molecule is O=C(N[C@@H]1CC[C@H](CS(=O)O)C1)OCc1ccccc1. The lowest BCUT2D eigenvalue weighted by Gasteiger charge is -2.13. The van der Waals surface area contributed by atoms with Crippen LogP contribution >= 0.6 is 0 Å². The fourth-order valence-electron chi connectivity index (χ4n) is 2.49. The van der Waals surface area contributed by atoms with E-state index < -0.39 is 17.2 Å². The van der Waals surface area contributed by atoms with Gasteiger partial charge in [-0.25, -0.2) is 9.00 Å². The molecule has 20 heavy (non-hydrogen) atoms. The van der Waals surface area contributed by atoms with E-state index in [0.717, 1.165) is 24.8 Å². The van der Waals surface area contributed by atoms with Gasteiger partial charge in [-0.15, -0.1) is 0 Å². The molecule has 1 aliphatic carbocycles. The second-order valence-corrected chi connectivity index (χ2v) is 6.05. The summed E-state index contributed by atoms with van der Waals surface area (Å²) in [7, 11) is 0. The van der Waals surface area contributed by atoms with Gasteiger partial charge in [-0.05, 0) is 30.7 Å². The lowest BCUT2D eigenvalue weighted by Crippen LogP contribution is -2.33. The summed E-state index contributed by atoms with van der Waals surface area (Å²) in [5, 5.41) is 2.81. The van der Waals surface area contributed by atoms with Gasteiger partial charge in [0.05, 0.1) is 5.75 Å². The van der Waals surface area contributed by atoms with Crippen LogP contribution in [0.15, 0.2) is 30.3 Å². The molecule has 1 unspecified atom stereocenters. The Hall–Kier alpha value is -1.40. The molecule has 1 aromatic carbocycles. The van der Waals surface area contributed by atoms with Crippen LogP contribution in [-0.2, 0) is 22.4 Å². The summed E-state index contributed by atoms with van der Waals surface area (Å²) in [5.74, 6) is 0.498. The molecule has 0 radical (unpaired) electrons. The Morgan fingerprint density at radius 1 is 1.35 bits per heavy atom. The maximum absolute atomic E-state index is 11.7. The average molecular weight is 297 g/mol. The predicted molar refractivity (Wildman–Crippen MR) is 76.5 cm³/mol. The van der Waals surface area contributed by atoms with Crippen LogP contribution in [0.5, 0.6) is 0 Å². The normalized spacial score (nSPS) is 23.2. The number of hydrogen-bond acceptors (Lipinski definition) is 3. The molecule has 0 heterocycles. The molecule has 2 N–H and O–H groups in total. The number of nitrogens with one attached hydrogen (secondary N) is 1. The molecule has 0 aromatic heterocycles. The maximum Gasteiger partial charge on any atom is 0.407 e. The number of alkyl carbamates (subject to hydrolysis) is 1. The van der Waals surface area contributed by atoms with Crippen molar-refractivity contribution in [2.24, 2.45) is 5.92 Å². The van der Waals surface area contributed by atoms with Crippen molar-refractivity contribution in [2.75, 3.05) is 5.75 Å². The highest BCUT2D eigenvalue weighted by atomic mass is 32.2. The Kier molecular flexibility index (Phi) is 5.55. The molecule has 3 atom stereocenters. The lowest BCUT2D eigenvalue weighted by molar-refractivity contribution is 0.135. The summed E-state index contributed by atoms with van der Waals surface area (Å²) in [5.41, 5.74) is 0.947. The number of hydrogen-bond donors (Lipinski definition) is 2. The zero-order chi connectivity index (χ0) is 14.4. The van der Waals surface area contributed by atoms with Gasteiger partial charge < -0.3 is 14.6 Å². The van der Waals surface area contributed by atoms with E-state index >= 15 is 0 Å². The Labute approximate surface area is 121 Å². The van der Waals surface area contributed by atoms with Crippen molar-refractivity contribution < 1.29 is 18.3 Å². The van der Waals surface area contributed by atoms with E-state index in [1.54, 1.807) is 0 Å². The van der Waals surface area contributed by atoms with Gasteiger partial charge in [-0.1, -0.05) is 30.3 Å². The van der Waals surface area contributed by atoms with Gasteiger partial charge in [0.2, 0.25) is 0 Å². The molecule has 110 valence electrons. The van der Waals surface area contributed by atoms with Gasteiger partial charge in [-0.3, -0.25) is 0 Å². The van der Waals surface area contributed by atoms with Gasteiger partial charge in [0.15, 0.2) is 11.1 Å². The Morgan fingerprint density at radius 3 is 2.80 bits per heavy atom. The molecule has 1 saturated carbocycles. The molecule has 6 heteroatoms. The van der Waals surface area contributed by atoms with Crippen molar-refractivity contribution in [3.05, 3.63) is 35.9 Å². The van der Waals surface area contributed by atoms with Crippen molar-refractivity contribution in [3.63, 3.8) is 0 Å². The second kappa shape index (κ2) is 7.40. The largest absolute Gasteiger partial charge is 0.445 e. The van der Waals surface area contributed by atoms with E-state index in [1.165, 1.54) is 0 Å². The first kappa shape index (κ1) is 15.0. The molecule has 5 nitrogen and oxygen atoms in total. The highest BCUT2D eigenvalue weighted by molar-refractivity contribution is 7.79.